The fourth-order valence-electron chi connectivity index (χ4n) is 1.45. The lowest BCUT2D eigenvalue weighted by Gasteiger charge is -2.18. The Hall–Kier alpha value is -1.95. The molecule has 6 heteroatoms. The van der Waals surface area contributed by atoms with E-state index in [9.17, 15) is 9.59 Å². The van der Waals surface area contributed by atoms with E-state index in [1.807, 2.05) is 25.1 Å². The van der Waals surface area contributed by atoms with Crippen molar-refractivity contribution in [2.45, 2.75) is 25.9 Å². The highest BCUT2D eigenvalue weighted by molar-refractivity contribution is 5.96. The zero-order valence-corrected chi connectivity index (χ0v) is 10.7. The summed E-state index contributed by atoms with van der Waals surface area (Å²) in [5, 5.41) is 7.61. The second-order valence-electron chi connectivity index (χ2n) is 3.93. The van der Waals surface area contributed by atoms with Crippen LogP contribution in [-0.4, -0.2) is 30.0 Å². The lowest BCUT2D eigenvalue weighted by atomic mass is 10.2. The van der Waals surface area contributed by atoms with Crippen molar-refractivity contribution < 1.29 is 9.59 Å². The number of carbonyl (C=O) groups is 2. The number of rotatable bonds is 4. The van der Waals surface area contributed by atoms with Gasteiger partial charge in [-0.2, -0.15) is 0 Å². The highest BCUT2D eigenvalue weighted by Crippen LogP contribution is 2.08. The minimum absolute atomic E-state index is 0.0726. The van der Waals surface area contributed by atoms with E-state index in [1.54, 1.807) is 13.1 Å². The van der Waals surface area contributed by atoms with Crippen LogP contribution < -0.4 is 16.0 Å². The molecule has 0 spiro atoms. The molecule has 0 aliphatic heterocycles. The van der Waals surface area contributed by atoms with Crippen molar-refractivity contribution in [3.05, 3.63) is 30.1 Å². The Morgan fingerprint density at radius 2 is 2.00 bits per heavy atom. The van der Waals surface area contributed by atoms with Crippen LogP contribution in [0.1, 0.15) is 25.6 Å². The number of hydrogen-bond donors (Lipinski definition) is 3. The molecule has 0 saturated heterocycles. The van der Waals surface area contributed by atoms with Crippen molar-refractivity contribution in [1.82, 2.24) is 20.9 Å². The smallest absolute Gasteiger partial charge is 0.321 e. The molecule has 1 rings (SSSR count). The Morgan fingerprint density at radius 3 is 2.56 bits per heavy atom. The maximum Gasteiger partial charge on any atom is 0.321 e. The summed E-state index contributed by atoms with van der Waals surface area (Å²) in [6.07, 6.45) is 1.70. The Labute approximate surface area is 106 Å². The van der Waals surface area contributed by atoms with E-state index in [-0.39, 0.29) is 11.9 Å². The molecule has 3 N–H and O–H groups in total. The van der Waals surface area contributed by atoms with E-state index < -0.39 is 12.1 Å². The molecule has 1 heterocycles. The van der Waals surface area contributed by atoms with Gasteiger partial charge in [-0.1, -0.05) is 6.07 Å². The first-order valence-electron chi connectivity index (χ1n) is 5.74. The molecule has 0 aromatic carbocycles. The fourth-order valence-corrected chi connectivity index (χ4v) is 1.45. The van der Waals surface area contributed by atoms with Crippen molar-refractivity contribution in [3.8, 4) is 0 Å². The van der Waals surface area contributed by atoms with Crippen LogP contribution in [0.4, 0.5) is 4.79 Å². The van der Waals surface area contributed by atoms with Gasteiger partial charge in [0.1, 0.15) is 0 Å². The SMILES string of the molecule is CNC(=O)NC(=O)C(C)NC(C)c1ccccn1. The first-order valence-corrected chi connectivity index (χ1v) is 5.74. The van der Waals surface area contributed by atoms with Gasteiger partial charge in [0.25, 0.3) is 0 Å². The summed E-state index contributed by atoms with van der Waals surface area (Å²) in [5.41, 5.74) is 0.845. The number of pyridine rings is 1. The van der Waals surface area contributed by atoms with Crippen LogP contribution in [0.2, 0.25) is 0 Å². The molecule has 0 saturated carbocycles. The molecular weight excluding hydrogens is 232 g/mol. The van der Waals surface area contributed by atoms with Gasteiger partial charge in [-0.05, 0) is 26.0 Å². The van der Waals surface area contributed by atoms with Crippen LogP contribution in [0.25, 0.3) is 0 Å². The molecule has 0 aliphatic rings. The van der Waals surface area contributed by atoms with Crippen LogP contribution >= 0.6 is 0 Å². The molecule has 0 bridgehead atoms. The number of aromatic nitrogens is 1. The number of nitrogens with zero attached hydrogens (tertiary/aromatic N) is 1. The van der Waals surface area contributed by atoms with Gasteiger partial charge in [0.05, 0.1) is 11.7 Å². The molecule has 18 heavy (non-hydrogen) atoms. The third-order valence-corrected chi connectivity index (χ3v) is 2.49. The normalized spacial score (nSPS) is 13.5. The average Bonchev–Trinajstić information content (AvgIpc) is 2.39. The van der Waals surface area contributed by atoms with Crippen molar-refractivity contribution >= 4 is 11.9 Å². The van der Waals surface area contributed by atoms with E-state index in [1.165, 1.54) is 7.05 Å². The van der Waals surface area contributed by atoms with E-state index in [2.05, 4.69) is 20.9 Å². The third kappa shape index (κ3) is 4.14. The number of urea groups is 1. The number of nitrogens with one attached hydrogen (secondary N) is 3. The van der Waals surface area contributed by atoms with E-state index in [4.69, 9.17) is 0 Å². The number of amides is 3. The highest BCUT2D eigenvalue weighted by Gasteiger charge is 2.18. The van der Waals surface area contributed by atoms with Crippen molar-refractivity contribution in [2.75, 3.05) is 7.05 Å². The second kappa shape index (κ2) is 6.70. The molecule has 0 radical (unpaired) electrons. The molecule has 2 unspecified atom stereocenters. The third-order valence-electron chi connectivity index (χ3n) is 2.49. The Balaban J connectivity index is 2.52. The topological polar surface area (TPSA) is 83.1 Å². The molecule has 0 fully saturated rings. The minimum atomic E-state index is -0.515. The zero-order chi connectivity index (χ0) is 13.5. The molecular formula is C12H18N4O2. The molecule has 2 atom stereocenters. The van der Waals surface area contributed by atoms with Crippen LogP contribution in [0, 0.1) is 0 Å². The van der Waals surface area contributed by atoms with Crippen molar-refractivity contribution in [3.63, 3.8) is 0 Å². The second-order valence-corrected chi connectivity index (χ2v) is 3.93. The van der Waals surface area contributed by atoms with Crippen LogP contribution in [-0.2, 0) is 4.79 Å². The Bertz CT molecular complexity index is 408. The lowest BCUT2D eigenvalue weighted by molar-refractivity contribution is -0.121. The fraction of sp³-hybridized carbons (Fsp3) is 0.417. The van der Waals surface area contributed by atoms with Crippen LogP contribution in [0.15, 0.2) is 24.4 Å². The standard InChI is InChI=1S/C12H18N4O2/c1-8(10-6-4-5-7-14-10)15-9(2)11(17)16-12(18)13-3/h4-9,15H,1-3H3,(H2,13,16,17,18). The molecule has 1 aromatic rings. The maximum atomic E-state index is 11.6. The summed E-state index contributed by atoms with van der Waals surface area (Å²) in [6, 6.07) is 4.52. The number of imide groups is 1. The summed E-state index contributed by atoms with van der Waals surface area (Å²) in [4.78, 5) is 26.8. The molecule has 1 aromatic heterocycles. The maximum absolute atomic E-state index is 11.6. The molecule has 0 aliphatic carbocycles. The largest absolute Gasteiger partial charge is 0.341 e. The van der Waals surface area contributed by atoms with Gasteiger partial charge in [-0.25, -0.2) is 4.79 Å². The van der Waals surface area contributed by atoms with Gasteiger partial charge in [-0.3, -0.25) is 20.4 Å². The van der Waals surface area contributed by atoms with Gasteiger partial charge in [0.15, 0.2) is 0 Å². The summed E-state index contributed by atoms with van der Waals surface area (Å²) in [7, 11) is 1.46. The van der Waals surface area contributed by atoms with Crippen molar-refractivity contribution in [2.24, 2.45) is 0 Å². The van der Waals surface area contributed by atoms with Gasteiger partial charge < -0.3 is 5.32 Å². The summed E-state index contributed by atoms with van der Waals surface area (Å²) < 4.78 is 0. The highest BCUT2D eigenvalue weighted by atomic mass is 16.2. The Morgan fingerprint density at radius 1 is 1.28 bits per heavy atom. The van der Waals surface area contributed by atoms with Gasteiger partial charge in [-0.15, -0.1) is 0 Å². The summed E-state index contributed by atoms with van der Waals surface area (Å²) in [5.74, 6) is -0.378. The average molecular weight is 250 g/mol. The predicted molar refractivity (Wildman–Crippen MR) is 67.8 cm³/mol. The number of carbonyl (C=O) groups excluding carboxylic acids is 2. The van der Waals surface area contributed by atoms with E-state index in [0.717, 1.165) is 5.69 Å². The Kier molecular flexibility index (Phi) is 5.26. The predicted octanol–water partition coefficient (Wildman–Crippen LogP) is 0.576. The van der Waals surface area contributed by atoms with Crippen LogP contribution in [0.3, 0.4) is 0 Å². The van der Waals surface area contributed by atoms with Gasteiger partial charge in [0.2, 0.25) is 5.91 Å². The van der Waals surface area contributed by atoms with Crippen molar-refractivity contribution in [1.29, 1.82) is 0 Å². The van der Waals surface area contributed by atoms with E-state index in [0.29, 0.717) is 0 Å². The van der Waals surface area contributed by atoms with Crippen LogP contribution in [0.5, 0.6) is 0 Å². The monoisotopic (exact) mass is 250 g/mol. The van der Waals surface area contributed by atoms with E-state index >= 15 is 0 Å². The molecule has 6 nitrogen and oxygen atoms in total. The minimum Gasteiger partial charge on any atom is -0.341 e. The summed E-state index contributed by atoms with van der Waals surface area (Å²) >= 11 is 0. The first-order chi connectivity index (χ1) is 8.54. The quantitative estimate of drug-likeness (QED) is 0.730. The molecule has 98 valence electrons. The van der Waals surface area contributed by atoms with Gasteiger partial charge >= 0.3 is 6.03 Å². The van der Waals surface area contributed by atoms with Gasteiger partial charge in [0, 0.05) is 19.3 Å². The first kappa shape index (κ1) is 14.1. The molecule has 3 amide bonds. The summed E-state index contributed by atoms with van der Waals surface area (Å²) in [6.45, 7) is 3.60. The zero-order valence-electron chi connectivity index (χ0n) is 10.7. The lowest BCUT2D eigenvalue weighted by Crippen LogP contribution is -2.47. The number of hydrogen-bond acceptors (Lipinski definition) is 4.